The second kappa shape index (κ2) is 6.31. The molecule has 1 aromatic heterocycles. The van der Waals surface area contributed by atoms with Crippen LogP contribution in [0.5, 0.6) is 0 Å². The standard InChI is InChI=1S/C12H19ClN2O2/c1-12(8-16,9-17)7-15(2)6-10-3-4-11(13)14-5-10/h3-5,16-17H,6-9H2,1-2H3. The first kappa shape index (κ1) is 14.4. The van der Waals surface area contributed by atoms with E-state index < -0.39 is 5.41 Å². The Bertz CT molecular complexity index is 339. The Hall–Kier alpha value is -0.680. The molecule has 0 radical (unpaired) electrons. The highest BCUT2D eigenvalue weighted by molar-refractivity contribution is 6.29. The topological polar surface area (TPSA) is 56.6 Å². The summed E-state index contributed by atoms with van der Waals surface area (Å²) in [5.41, 5.74) is 0.573. The molecule has 0 saturated carbocycles. The van der Waals surface area contributed by atoms with E-state index in [-0.39, 0.29) is 13.2 Å². The highest BCUT2D eigenvalue weighted by Crippen LogP contribution is 2.17. The summed E-state index contributed by atoms with van der Waals surface area (Å²) in [5, 5.41) is 18.9. The summed E-state index contributed by atoms with van der Waals surface area (Å²) < 4.78 is 0. The average Bonchev–Trinajstić information content (AvgIpc) is 2.32. The van der Waals surface area contributed by atoms with Crippen LogP contribution >= 0.6 is 11.6 Å². The summed E-state index contributed by atoms with van der Waals surface area (Å²) in [7, 11) is 1.94. The van der Waals surface area contributed by atoms with E-state index in [2.05, 4.69) is 4.98 Å². The lowest BCUT2D eigenvalue weighted by molar-refractivity contribution is 0.0402. The van der Waals surface area contributed by atoms with Crippen molar-refractivity contribution in [1.29, 1.82) is 0 Å². The molecule has 0 spiro atoms. The third-order valence-corrected chi connectivity index (χ3v) is 2.88. The van der Waals surface area contributed by atoms with Crippen molar-refractivity contribution in [2.45, 2.75) is 13.5 Å². The molecule has 0 aromatic carbocycles. The Balaban J connectivity index is 2.54. The second-order valence-electron chi connectivity index (χ2n) is 4.79. The molecule has 0 aliphatic carbocycles. The van der Waals surface area contributed by atoms with Crippen LogP contribution in [0.4, 0.5) is 0 Å². The van der Waals surface area contributed by atoms with Crippen molar-refractivity contribution >= 4 is 11.6 Å². The van der Waals surface area contributed by atoms with Crippen molar-refractivity contribution in [3.63, 3.8) is 0 Å². The van der Waals surface area contributed by atoms with Gasteiger partial charge in [0.15, 0.2) is 0 Å². The molecule has 4 nitrogen and oxygen atoms in total. The number of hydrogen-bond acceptors (Lipinski definition) is 4. The fourth-order valence-corrected chi connectivity index (χ4v) is 1.78. The normalized spacial score (nSPS) is 12.1. The molecule has 0 bridgehead atoms. The van der Waals surface area contributed by atoms with E-state index in [1.54, 1.807) is 12.3 Å². The summed E-state index contributed by atoms with van der Waals surface area (Å²) in [6.07, 6.45) is 1.73. The highest BCUT2D eigenvalue weighted by atomic mass is 35.5. The Morgan fingerprint density at radius 2 is 2.00 bits per heavy atom. The van der Waals surface area contributed by atoms with Gasteiger partial charge in [-0.25, -0.2) is 4.98 Å². The quantitative estimate of drug-likeness (QED) is 0.752. The largest absolute Gasteiger partial charge is 0.396 e. The molecule has 1 heterocycles. The lowest BCUT2D eigenvalue weighted by Crippen LogP contribution is -2.38. The molecule has 1 aromatic rings. The predicted octanol–water partition coefficient (Wildman–Crippen LogP) is 1.16. The summed E-state index contributed by atoms with van der Waals surface area (Å²) in [5.74, 6) is 0. The monoisotopic (exact) mass is 258 g/mol. The summed E-state index contributed by atoms with van der Waals surface area (Å²) >= 11 is 5.71. The van der Waals surface area contributed by atoms with Crippen LogP contribution in [0.1, 0.15) is 12.5 Å². The van der Waals surface area contributed by atoms with Gasteiger partial charge in [0.25, 0.3) is 0 Å². The molecule has 17 heavy (non-hydrogen) atoms. The maximum atomic E-state index is 9.22. The average molecular weight is 259 g/mol. The molecule has 0 unspecified atom stereocenters. The molecule has 0 atom stereocenters. The van der Waals surface area contributed by atoms with Gasteiger partial charge >= 0.3 is 0 Å². The van der Waals surface area contributed by atoms with Crippen molar-refractivity contribution in [2.75, 3.05) is 26.8 Å². The Morgan fingerprint density at radius 1 is 1.35 bits per heavy atom. The third-order valence-electron chi connectivity index (χ3n) is 2.66. The van der Waals surface area contributed by atoms with Gasteiger partial charge in [0.1, 0.15) is 5.15 Å². The lowest BCUT2D eigenvalue weighted by Gasteiger charge is -2.30. The molecule has 0 aliphatic rings. The van der Waals surface area contributed by atoms with E-state index in [4.69, 9.17) is 11.6 Å². The molecule has 2 N–H and O–H groups in total. The predicted molar refractivity (Wildman–Crippen MR) is 67.9 cm³/mol. The van der Waals surface area contributed by atoms with Gasteiger partial charge in [-0.05, 0) is 18.7 Å². The van der Waals surface area contributed by atoms with Gasteiger partial charge in [-0.1, -0.05) is 24.6 Å². The molecule has 0 aliphatic heterocycles. The Morgan fingerprint density at radius 3 is 2.47 bits per heavy atom. The van der Waals surface area contributed by atoms with Crippen molar-refractivity contribution < 1.29 is 10.2 Å². The fraction of sp³-hybridized carbons (Fsp3) is 0.583. The fourth-order valence-electron chi connectivity index (χ4n) is 1.67. The van der Waals surface area contributed by atoms with Crippen molar-refractivity contribution in [3.05, 3.63) is 29.0 Å². The summed E-state index contributed by atoms with van der Waals surface area (Å²) in [4.78, 5) is 6.05. The lowest BCUT2D eigenvalue weighted by atomic mass is 9.92. The van der Waals surface area contributed by atoms with Gasteiger partial charge in [-0.15, -0.1) is 0 Å². The van der Waals surface area contributed by atoms with E-state index >= 15 is 0 Å². The molecule has 0 saturated heterocycles. The van der Waals surface area contributed by atoms with E-state index in [9.17, 15) is 10.2 Å². The third kappa shape index (κ3) is 4.60. The first-order valence-corrected chi connectivity index (χ1v) is 5.87. The Labute approximate surface area is 107 Å². The molecule has 0 amide bonds. The van der Waals surface area contributed by atoms with Crippen molar-refractivity contribution in [2.24, 2.45) is 5.41 Å². The number of aliphatic hydroxyl groups is 2. The number of hydrogen-bond donors (Lipinski definition) is 2. The molecule has 96 valence electrons. The first-order chi connectivity index (χ1) is 7.99. The van der Waals surface area contributed by atoms with E-state index in [1.807, 2.05) is 24.9 Å². The van der Waals surface area contributed by atoms with Crippen LogP contribution in [0.15, 0.2) is 18.3 Å². The minimum atomic E-state index is -0.478. The molecule has 1 rings (SSSR count). The first-order valence-electron chi connectivity index (χ1n) is 5.50. The molecule has 5 heteroatoms. The van der Waals surface area contributed by atoms with Crippen LogP contribution in [-0.2, 0) is 6.54 Å². The zero-order valence-corrected chi connectivity index (χ0v) is 11.0. The van der Waals surface area contributed by atoms with Crippen LogP contribution in [0.3, 0.4) is 0 Å². The summed E-state index contributed by atoms with van der Waals surface area (Å²) in [6, 6.07) is 3.67. The molecular weight excluding hydrogens is 240 g/mol. The minimum absolute atomic E-state index is 0.0350. The zero-order chi connectivity index (χ0) is 12.9. The molecular formula is C12H19ClN2O2. The van der Waals surface area contributed by atoms with E-state index in [1.165, 1.54) is 0 Å². The zero-order valence-electron chi connectivity index (χ0n) is 10.2. The number of nitrogens with zero attached hydrogens (tertiary/aromatic N) is 2. The van der Waals surface area contributed by atoms with Crippen molar-refractivity contribution in [1.82, 2.24) is 9.88 Å². The van der Waals surface area contributed by atoms with Gasteiger partial charge in [0.05, 0.1) is 13.2 Å². The number of halogens is 1. The second-order valence-corrected chi connectivity index (χ2v) is 5.18. The maximum absolute atomic E-state index is 9.22. The number of rotatable bonds is 6. The van der Waals surface area contributed by atoms with Crippen LogP contribution < -0.4 is 0 Å². The Kier molecular flexibility index (Phi) is 5.33. The van der Waals surface area contributed by atoms with Gasteiger partial charge < -0.3 is 15.1 Å². The maximum Gasteiger partial charge on any atom is 0.129 e. The van der Waals surface area contributed by atoms with E-state index in [0.717, 1.165) is 5.56 Å². The van der Waals surface area contributed by atoms with Gasteiger partial charge in [-0.2, -0.15) is 0 Å². The highest BCUT2D eigenvalue weighted by Gasteiger charge is 2.24. The number of pyridine rings is 1. The van der Waals surface area contributed by atoms with Crippen molar-refractivity contribution in [3.8, 4) is 0 Å². The van der Waals surface area contributed by atoms with Gasteiger partial charge in [-0.3, -0.25) is 0 Å². The SMILES string of the molecule is CN(Cc1ccc(Cl)nc1)CC(C)(CO)CO. The smallest absolute Gasteiger partial charge is 0.129 e. The van der Waals surface area contributed by atoms with Crippen LogP contribution in [0.25, 0.3) is 0 Å². The van der Waals surface area contributed by atoms with Gasteiger partial charge in [0.2, 0.25) is 0 Å². The van der Waals surface area contributed by atoms with Gasteiger partial charge in [0, 0.05) is 24.7 Å². The minimum Gasteiger partial charge on any atom is -0.396 e. The van der Waals surface area contributed by atoms with Crippen LogP contribution in [0.2, 0.25) is 5.15 Å². The number of aromatic nitrogens is 1. The number of aliphatic hydroxyl groups excluding tert-OH is 2. The van der Waals surface area contributed by atoms with Crippen LogP contribution in [0, 0.1) is 5.41 Å². The van der Waals surface area contributed by atoms with Crippen LogP contribution in [-0.4, -0.2) is 46.9 Å². The molecule has 0 fully saturated rings. The van der Waals surface area contributed by atoms with E-state index in [0.29, 0.717) is 18.2 Å². The summed E-state index contributed by atoms with van der Waals surface area (Å²) in [6.45, 7) is 3.10.